The van der Waals surface area contributed by atoms with Crippen molar-refractivity contribution in [2.24, 2.45) is 5.10 Å². The molecule has 0 aliphatic rings. The topological polar surface area (TPSA) is 55.6 Å². The molecule has 0 saturated heterocycles. The summed E-state index contributed by atoms with van der Waals surface area (Å²) in [7, 11) is 0. The standard InChI is InChI=1S/C25H20ClN3O2/c26-24-6-2-1-5-21(24)18-31-23-13-7-19(8-14-23)17-27-28-25(30)20-9-11-22(12-10-20)29-15-3-4-16-29/h1-17H,18H2,(H,28,30). The van der Waals surface area contributed by atoms with Crippen molar-refractivity contribution in [1.82, 2.24) is 9.99 Å². The molecule has 0 saturated carbocycles. The summed E-state index contributed by atoms with van der Waals surface area (Å²) in [6.07, 6.45) is 5.49. The summed E-state index contributed by atoms with van der Waals surface area (Å²) < 4.78 is 7.74. The lowest BCUT2D eigenvalue weighted by Gasteiger charge is -2.07. The fourth-order valence-corrected chi connectivity index (χ4v) is 3.14. The number of carbonyl (C=O) groups is 1. The van der Waals surface area contributed by atoms with Gasteiger partial charge < -0.3 is 9.30 Å². The molecule has 0 aliphatic heterocycles. The van der Waals surface area contributed by atoms with Crippen molar-refractivity contribution in [3.63, 3.8) is 0 Å². The minimum atomic E-state index is -0.269. The van der Waals surface area contributed by atoms with Gasteiger partial charge in [-0.15, -0.1) is 0 Å². The number of hydrazone groups is 1. The molecule has 0 unspecified atom stereocenters. The molecule has 1 N–H and O–H groups in total. The first kappa shape index (κ1) is 20.4. The Balaban J connectivity index is 1.29. The smallest absolute Gasteiger partial charge is 0.271 e. The first-order valence-electron chi connectivity index (χ1n) is 9.72. The second kappa shape index (κ2) is 9.78. The maximum atomic E-state index is 12.3. The average molecular weight is 430 g/mol. The number of ether oxygens (including phenoxy) is 1. The summed E-state index contributed by atoms with van der Waals surface area (Å²) in [6, 6.07) is 26.2. The predicted octanol–water partition coefficient (Wildman–Crippen LogP) is 5.47. The maximum absolute atomic E-state index is 12.3. The van der Waals surface area contributed by atoms with Crippen LogP contribution in [-0.2, 0) is 6.61 Å². The number of hydrogen-bond donors (Lipinski definition) is 1. The number of aromatic nitrogens is 1. The normalized spacial score (nSPS) is 10.9. The molecule has 31 heavy (non-hydrogen) atoms. The highest BCUT2D eigenvalue weighted by molar-refractivity contribution is 6.31. The van der Waals surface area contributed by atoms with Gasteiger partial charge >= 0.3 is 0 Å². The van der Waals surface area contributed by atoms with Gasteiger partial charge in [-0.05, 0) is 72.3 Å². The van der Waals surface area contributed by atoms with E-state index in [1.807, 2.05) is 89.8 Å². The summed E-state index contributed by atoms with van der Waals surface area (Å²) in [5.74, 6) is 0.457. The molecule has 0 atom stereocenters. The van der Waals surface area contributed by atoms with Crippen molar-refractivity contribution in [2.75, 3.05) is 0 Å². The van der Waals surface area contributed by atoms with Crippen LogP contribution >= 0.6 is 11.6 Å². The van der Waals surface area contributed by atoms with Crippen LogP contribution in [0, 0.1) is 0 Å². The van der Waals surface area contributed by atoms with Crippen LogP contribution in [-0.4, -0.2) is 16.7 Å². The summed E-state index contributed by atoms with van der Waals surface area (Å²) in [6.45, 7) is 0.395. The molecule has 0 aliphatic carbocycles. The quantitative estimate of drug-likeness (QED) is 0.312. The molecular weight excluding hydrogens is 410 g/mol. The Morgan fingerprint density at radius 1 is 0.935 bits per heavy atom. The molecule has 3 aromatic carbocycles. The predicted molar refractivity (Wildman–Crippen MR) is 123 cm³/mol. The highest BCUT2D eigenvalue weighted by atomic mass is 35.5. The Labute approximate surface area is 185 Å². The minimum absolute atomic E-state index is 0.269. The lowest BCUT2D eigenvalue weighted by molar-refractivity contribution is 0.0955. The van der Waals surface area contributed by atoms with Crippen LogP contribution in [0.25, 0.3) is 5.69 Å². The number of rotatable bonds is 7. The molecule has 4 rings (SSSR count). The van der Waals surface area contributed by atoms with Gasteiger partial charge in [-0.3, -0.25) is 4.79 Å². The summed E-state index contributed by atoms with van der Waals surface area (Å²) in [5.41, 5.74) is 5.84. The van der Waals surface area contributed by atoms with E-state index in [4.69, 9.17) is 16.3 Å². The summed E-state index contributed by atoms with van der Waals surface area (Å²) in [5, 5.41) is 4.72. The van der Waals surface area contributed by atoms with E-state index in [9.17, 15) is 4.79 Å². The van der Waals surface area contributed by atoms with Gasteiger partial charge in [-0.1, -0.05) is 29.8 Å². The third-order valence-electron chi connectivity index (χ3n) is 4.64. The highest BCUT2D eigenvalue weighted by Gasteiger charge is 2.04. The first-order chi connectivity index (χ1) is 15.2. The molecular formula is C25H20ClN3O2. The van der Waals surface area contributed by atoms with Crippen molar-refractivity contribution < 1.29 is 9.53 Å². The van der Waals surface area contributed by atoms with Gasteiger partial charge in [0.15, 0.2) is 0 Å². The van der Waals surface area contributed by atoms with Crippen molar-refractivity contribution in [3.8, 4) is 11.4 Å². The van der Waals surface area contributed by atoms with Gasteiger partial charge in [-0.2, -0.15) is 5.10 Å². The molecule has 154 valence electrons. The Kier molecular flexibility index (Phi) is 6.45. The van der Waals surface area contributed by atoms with Gasteiger partial charge in [0.25, 0.3) is 5.91 Å². The molecule has 0 radical (unpaired) electrons. The lowest BCUT2D eigenvalue weighted by atomic mass is 10.2. The zero-order valence-electron chi connectivity index (χ0n) is 16.6. The maximum Gasteiger partial charge on any atom is 0.271 e. The number of carbonyl (C=O) groups excluding carboxylic acids is 1. The van der Waals surface area contributed by atoms with E-state index in [1.54, 1.807) is 18.3 Å². The molecule has 0 fully saturated rings. The van der Waals surface area contributed by atoms with Crippen molar-refractivity contribution in [1.29, 1.82) is 0 Å². The zero-order valence-corrected chi connectivity index (χ0v) is 17.4. The number of amides is 1. The van der Waals surface area contributed by atoms with E-state index in [0.29, 0.717) is 17.2 Å². The van der Waals surface area contributed by atoms with Gasteiger partial charge in [0.2, 0.25) is 0 Å². The van der Waals surface area contributed by atoms with E-state index in [0.717, 1.165) is 22.6 Å². The average Bonchev–Trinajstić information content (AvgIpc) is 3.34. The summed E-state index contributed by atoms with van der Waals surface area (Å²) >= 11 is 6.14. The molecule has 1 heterocycles. The number of nitrogens with one attached hydrogen (secondary N) is 1. The minimum Gasteiger partial charge on any atom is -0.489 e. The molecule has 6 heteroatoms. The Bertz CT molecular complexity index is 1170. The largest absolute Gasteiger partial charge is 0.489 e. The third kappa shape index (κ3) is 5.41. The molecule has 1 amide bonds. The lowest BCUT2D eigenvalue weighted by Crippen LogP contribution is -2.17. The van der Waals surface area contributed by atoms with Crippen LogP contribution in [0.15, 0.2) is 102 Å². The number of nitrogens with zero attached hydrogens (tertiary/aromatic N) is 2. The van der Waals surface area contributed by atoms with Crippen molar-refractivity contribution >= 4 is 23.7 Å². The van der Waals surface area contributed by atoms with E-state index in [2.05, 4.69) is 10.5 Å². The van der Waals surface area contributed by atoms with Crippen LogP contribution < -0.4 is 10.2 Å². The van der Waals surface area contributed by atoms with Gasteiger partial charge in [0.1, 0.15) is 12.4 Å². The van der Waals surface area contributed by atoms with Crippen molar-refractivity contribution in [3.05, 3.63) is 119 Å². The molecule has 4 aromatic rings. The Hall–Kier alpha value is -3.83. The monoisotopic (exact) mass is 429 g/mol. The van der Waals surface area contributed by atoms with Gasteiger partial charge in [0, 0.05) is 34.2 Å². The highest BCUT2D eigenvalue weighted by Crippen LogP contribution is 2.18. The van der Waals surface area contributed by atoms with E-state index in [1.165, 1.54) is 0 Å². The molecule has 0 bridgehead atoms. The SMILES string of the molecule is O=C(NN=Cc1ccc(OCc2ccccc2Cl)cc1)c1ccc(-n2cccc2)cc1. The van der Waals surface area contributed by atoms with E-state index in [-0.39, 0.29) is 5.91 Å². The second-order valence-electron chi connectivity index (χ2n) is 6.79. The molecule has 1 aromatic heterocycles. The molecule has 5 nitrogen and oxygen atoms in total. The van der Waals surface area contributed by atoms with Crippen LogP contribution in [0.5, 0.6) is 5.75 Å². The fraction of sp³-hybridized carbons (Fsp3) is 0.0400. The third-order valence-corrected chi connectivity index (χ3v) is 5.01. The van der Waals surface area contributed by atoms with Crippen molar-refractivity contribution in [2.45, 2.75) is 6.61 Å². The van der Waals surface area contributed by atoms with Gasteiger partial charge in [-0.25, -0.2) is 5.43 Å². The van der Waals surface area contributed by atoms with Crippen LogP contribution in [0.1, 0.15) is 21.5 Å². The number of benzene rings is 3. The first-order valence-corrected chi connectivity index (χ1v) is 10.1. The van der Waals surface area contributed by atoms with Crippen LogP contribution in [0.4, 0.5) is 0 Å². The number of hydrogen-bond acceptors (Lipinski definition) is 3. The Morgan fingerprint density at radius 3 is 2.35 bits per heavy atom. The fourth-order valence-electron chi connectivity index (χ4n) is 2.95. The summed E-state index contributed by atoms with van der Waals surface area (Å²) in [4.78, 5) is 12.3. The van der Waals surface area contributed by atoms with Crippen LogP contribution in [0.3, 0.4) is 0 Å². The van der Waals surface area contributed by atoms with E-state index >= 15 is 0 Å². The second-order valence-corrected chi connectivity index (χ2v) is 7.19. The number of halogens is 1. The Morgan fingerprint density at radius 2 is 1.65 bits per heavy atom. The van der Waals surface area contributed by atoms with Gasteiger partial charge in [0.05, 0.1) is 6.21 Å². The van der Waals surface area contributed by atoms with Crippen LogP contribution in [0.2, 0.25) is 5.02 Å². The molecule has 0 spiro atoms. The van der Waals surface area contributed by atoms with E-state index < -0.39 is 0 Å². The zero-order chi connectivity index (χ0) is 21.5.